The molecule has 4 atom stereocenters. The molecule has 0 unspecified atom stereocenters. The Bertz CT molecular complexity index is 445. The van der Waals surface area contributed by atoms with Crippen molar-refractivity contribution in [3.05, 3.63) is 0 Å². The number of hydrogen-bond donors (Lipinski definition) is 5. The third-order valence-electron chi connectivity index (χ3n) is 2.74. The summed E-state index contributed by atoms with van der Waals surface area (Å²) < 4.78 is 12.2. The quantitative estimate of drug-likeness (QED) is 0.345. The molecule has 0 radical (unpaired) electrons. The third kappa shape index (κ3) is 6.48. The molecule has 0 spiro atoms. The van der Waals surface area contributed by atoms with Gasteiger partial charge in [0.25, 0.3) is 0 Å². The van der Waals surface area contributed by atoms with Crippen molar-refractivity contribution in [2.45, 2.75) is 44.9 Å². The minimum absolute atomic E-state index is 0.690. The van der Waals surface area contributed by atoms with Gasteiger partial charge in [0, 0.05) is 0 Å². The van der Waals surface area contributed by atoms with Gasteiger partial charge in [-0.25, -0.2) is 4.39 Å². The van der Waals surface area contributed by atoms with Crippen molar-refractivity contribution in [3.8, 4) is 0 Å². The molecule has 6 N–H and O–H groups in total. The molecule has 0 aromatic heterocycles. The highest BCUT2D eigenvalue weighted by Crippen LogP contribution is 1.91. The second kappa shape index (κ2) is 8.93. The Morgan fingerprint density at radius 3 is 1.64 bits per heavy atom. The molecule has 9 nitrogen and oxygen atoms in total. The molecule has 0 aliphatic rings. The summed E-state index contributed by atoms with van der Waals surface area (Å²) in [6.07, 6.45) is 0. The monoisotopic (exact) mass is 320 g/mol. The molecule has 0 fully saturated rings. The fourth-order valence-corrected chi connectivity index (χ4v) is 1.26. The molecular formula is C12H21FN4O5. The maximum Gasteiger partial charge on any atom is 0.325 e. The van der Waals surface area contributed by atoms with Gasteiger partial charge in [-0.2, -0.15) is 0 Å². The van der Waals surface area contributed by atoms with E-state index in [1.165, 1.54) is 20.8 Å². The van der Waals surface area contributed by atoms with Crippen LogP contribution in [-0.2, 0) is 19.2 Å². The summed E-state index contributed by atoms with van der Waals surface area (Å²) in [6.45, 7) is 2.90. The van der Waals surface area contributed by atoms with E-state index in [0.29, 0.717) is 0 Å². The fraction of sp³-hybridized carbons (Fsp3) is 0.667. The normalized spacial score (nSPS) is 15.9. The summed E-state index contributed by atoms with van der Waals surface area (Å²) in [5.74, 6) is -3.43. The van der Waals surface area contributed by atoms with Gasteiger partial charge in [-0.3, -0.25) is 19.2 Å². The smallest absolute Gasteiger partial charge is 0.325 e. The van der Waals surface area contributed by atoms with Crippen molar-refractivity contribution >= 4 is 23.7 Å². The van der Waals surface area contributed by atoms with Gasteiger partial charge in [0.2, 0.25) is 17.7 Å². The first kappa shape index (κ1) is 19.8. The Morgan fingerprint density at radius 1 is 0.909 bits per heavy atom. The summed E-state index contributed by atoms with van der Waals surface area (Å²) in [5, 5.41) is 15.3. The molecule has 0 aliphatic carbocycles. The minimum atomic E-state index is -1.37. The van der Waals surface area contributed by atoms with Crippen LogP contribution in [0.4, 0.5) is 4.39 Å². The predicted octanol–water partition coefficient (Wildman–Crippen LogP) is -2.12. The molecule has 0 aliphatic heterocycles. The number of nitrogens with two attached hydrogens (primary N) is 1. The Kier molecular flexibility index (Phi) is 8.02. The minimum Gasteiger partial charge on any atom is -0.480 e. The Morgan fingerprint density at radius 2 is 1.27 bits per heavy atom. The number of carbonyl (C=O) groups excluding carboxylic acids is 3. The van der Waals surface area contributed by atoms with E-state index in [1.807, 2.05) is 0 Å². The zero-order chi connectivity index (χ0) is 17.4. The molecule has 0 heterocycles. The van der Waals surface area contributed by atoms with Gasteiger partial charge in [-0.05, 0) is 20.8 Å². The molecule has 0 saturated carbocycles. The van der Waals surface area contributed by atoms with Crippen LogP contribution in [0.25, 0.3) is 0 Å². The third-order valence-corrected chi connectivity index (χ3v) is 2.74. The van der Waals surface area contributed by atoms with E-state index in [-0.39, 0.29) is 0 Å². The fourth-order valence-electron chi connectivity index (χ4n) is 1.26. The van der Waals surface area contributed by atoms with E-state index in [2.05, 4.69) is 16.0 Å². The van der Waals surface area contributed by atoms with E-state index in [1.54, 1.807) is 0 Å². The largest absolute Gasteiger partial charge is 0.480 e. The number of hydrogen-bond acceptors (Lipinski definition) is 5. The molecule has 0 aromatic carbocycles. The first-order valence-corrected chi connectivity index (χ1v) is 6.55. The highest BCUT2D eigenvalue weighted by atomic mass is 19.1. The van der Waals surface area contributed by atoms with E-state index in [4.69, 9.17) is 10.8 Å². The lowest BCUT2D eigenvalue weighted by Crippen LogP contribution is -2.55. The van der Waals surface area contributed by atoms with E-state index < -0.39 is 54.5 Å². The SMILES string of the molecule is C[C@H](NC(=O)[C@H](C)NC(=O)[C@H](C)NC(=O)[C@@H](N)CF)C(=O)O. The van der Waals surface area contributed by atoms with Gasteiger partial charge in [0.05, 0.1) is 0 Å². The van der Waals surface area contributed by atoms with Crippen LogP contribution in [-0.4, -0.2) is 59.6 Å². The van der Waals surface area contributed by atoms with Crippen LogP contribution in [0.2, 0.25) is 0 Å². The zero-order valence-electron chi connectivity index (χ0n) is 12.6. The van der Waals surface area contributed by atoms with Gasteiger partial charge < -0.3 is 26.8 Å². The molecule has 0 rings (SSSR count). The van der Waals surface area contributed by atoms with Crippen molar-refractivity contribution in [1.82, 2.24) is 16.0 Å². The van der Waals surface area contributed by atoms with Crippen LogP contribution >= 0.6 is 0 Å². The topological polar surface area (TPSA) is 151 Å². The standard InChI is InChI=1S/C12H21FN4O5/c1-5(10(19)17-7(3)12(21)22)15-9(18)6(2)16-11(20)8(14)4-13/h5-8H,4,14H2,1-3H3,(H,15,18)(H,16,20)(H,17,19)(H,21,22)/t5-,6-,7-,8-/m0/s1. The lowest BCUT2D eigenvalue weighted by atomic mass is 10.2. The maximum absolute atomic E-state index is 12.2. The van der Waals surface area contributed by atoms with Gasteiger partial charge in [0.15, 0.2) is 0 Å². The number of rotatable bonds is 8. The Balaban J connectivity index is 4.42. The average molecular weight is 320 g/mol. The van der Waals surface area contributed by atoms with Gasteiger partial charge in [-0.15, -0.1) is 0 Å². The van der Waals surface area contributed by atoms with Crippen LogP contribution in [0.3, 0.4) is 0 Å². The molecule has 0 bridgehead atoms. The number of carboxylic acids is 1. The number of alkyl halides is 1. The van der Waals surface area contributed by atoms with Crippen LogP contribution in [0.5, 0.6) is 0 Å². The van der Waals surface area contributed by atoms with Crippen molar-refractivity contribution < 1.29 is 28.7 Å². The van der Waals surface area contributed by atoms with Gasteiger partial charge in [-0.1, -0.05) is 0 Å². The predicted molar refractivity (Wildman–Crippen MR) is 74.4 cm³/mol. The summed E-state index contributed by atoms with van der Waals surface area (Å²) in [7, 11) is 0. The zero-order valence-corrected chi connectivity index (χ0v) is 12.6. The van der Waals surface area contributed by atoms with E-state index >= 15 is 0 Å². The van der Waals surface area contributed by atoms with Gasteiger partial charge >= 0.3 is 5.97 Å². The van der Waals surface area contributed by atoms with Crippen LogP contribution in [0.15, 0.2) is 0 Å². The van der Waals surface area contributed by atoms with Crippen molar-refractivity contribution in [2.24, 2.45) is 5.73 Å². The van der Waals surface area contributed by atoms with Crippen LogP contribution in [0, 0.1) is 0 Å². The van der Waals surface area contributed by atoms with Crippen LogP contribution in [0.1, 0.15) is 20.8 Å². The van der Waals surface area contributed by atoms with E-state index in [0.717, 1.165) is 0 Å². The highest BCUT2D eigenvalue weighted by molar-refractivity contribution is 5.93. The number of aliphatic carboxylic acids is 1. The first-order chi connectivity index (χ1) is 10.1. The molecule has 126 valence electrons. The average Bonchev–Trinajstić information content (AvgIpc) is 2.45. The summed E-state index contributed by atoms with van der Waals surface area (Å²) in [5.41, 5.74) is 5.16. The van der Waals surface area contributed by atoms with E-state index in [9.17, 15) is 23.6 Å². The molecular weight excluding hydrogens is 299 g/mol. The Hall–Kier alpha value is -2.23. The first-order valence-electron chi connectivity index (χ1n) is 6.55. The molecule has 0 saturated heterocycles. The van der Waals surface area contributed by atoms with Crippen molar-refractivity contribution in [2.75, 3.05) is 6.67 Å². The number of halogens is 1. The molecule has 22 heavy (non-hydrogen) atoms. The second-order valence-electron chi connectivity index (χ2n) is 4.79. The highest BCUT2D eigenvalue weighted by Gasteiger charge is 2.24. The number of carboxylic acid groups (broad SMARTS) is 1. The summed E-state index contributed by atoms with van der Waals surface area (Å²) in [4.78, 5) is 45.4. The van der Waals surface area contributed by atoms with Crippen molar-refractivity contribution in [3.63, 3.8) is 0 Å². The summed E-state index contributed by atoms with van der Waals surface area (Å²) >= 11 is 0. The molecule has 3 amide bonds. The summed E-state index contributed by atoms with van der Waals surface area (Å²) in [6, 6.07) is -4.51. The lowest BCUT2D eigenvalue weighted by molar-refractivity contribution is -0.141. The van der Waals surface area contributed by atoms with Gasteiger partial charge in [0.1, 0.15) is 30.8 Å². The maximum atomic E-state index is 12.2. The Labute approximate surface area is 126 Å². The number of amides is 3. The molecule has 10 heteroatoms. The number of carbonyl (C=O) groups is 4. The molecule has 0 aromatic rings. The van der Waals surface area contributed by atoms with Crippen LogP contribution < -0.4 is 21.7 Å². The van der Waals surface area contributed by atoms with Crippen molar-refractivity contribution in [1.29, 1.82) is 0 Å². The number of nitrogens with one attached hydrogen (secondary N) is 3. The second-order valence-corrected chi connectivity index (χ2v) is 4.79. The lowest BCUT2D eigenvalue weighted by Gasteiger charge is -2.20.